The number of anilines is 1. The third-order valence-corrected chi connectivity index (χ3v) is 8.38. The number of carbonyl (C=O) groups is 1. The number of benzene rings is 1. The van der Waals surface area contributed by atoms with Crippen molar-refractivity contribution >= 4 is 33.0 Å². The minimum atomic E-state index is -3.53. The number of nitrogens with one attached hydrogen (secondary N) is 1. The molecule has 1 aromatic heterocycles. The maximum absolute atomic E-state index is 12.9. The number of likely N-dealkylation sites (N-methyl/N-ethyl adjacent to an activating group) is 1. The van der Waals surface area contributed by atoms with E-state index in [0.29, 0.717) is 18.8 Å². The quantitative estimate of drug-likeness (QED) is 0.717. The number of amides is 1. The molecule has 158 valence electrons. The highest BCUT2D eigenvalue weighted by Gasteiger charge is 2.26. The van der Waals surface area contributed by atoms with Crippen LogP contribution in [-0.4, -0.2) is 50.2 Å². The van der Waals surface area contributed by atoms with E-state index in [1.54, 1.807) is 33.8 Å². The average molecular weight is 436 g/mol. The number of hydrogen-bond donors (Lipinski definition) is 1. The molecule has 1 aromatic carbocycles. The summed E-state index contributed by atoms with van der Waals surface area (Å²) in [4.78, 5) is 16.0. The van der Waals surface area contributed by atoms with Crippen molar-refractivity contribution in [3.8, 4) is 0 Å². The Kier molecular flexibility index (Phi) is 7.10. The molecule has 1 amide bonds. The zero-order chi connectivity index (χ0) is 21.0. The van der Waals surface area contributed by atoms with Crippen LogP contribution in [0.15, 0.2) is 40.6 Å². The second kappa shape index (κ2) is 9.38. The molecule has 8 heteroatoms. The van der Waals surface area contributed by atoms with Gasteiger partial charge in [-0.2, -0.15) is 4.31 Å². The van der Waals surface area contributed by atoms with E-state index in [0.717, 1.165) is 24.8 Å². The zero-order valence-corrected chi connectivity index (χ0v) is 18.9. The summed E-state index contributed by atoms with van der Waals surface area (Å²) in [5.41, 5.74) is 1.38. The number of thiophene rings is 1. The van der Waals surface area contributed by atoms with E-state index in [9.17, 15) is 13.2 Å². The lowest BCUT2D eigenvalue weighted by Gasteiger charge is -2.26. The monoisotopic (exact) mass is 435 g/mol. The molecule has 1 saturated heterocycles. The van der Waals surface area contributed by atoms with Gasteiger partial charge in [0.2, 0.25) is 15.9 Å². The molecule has 0 saturated carbocycles. The molecule has 1 unspecified atom stereocenters. The molecule has 29 heavy (non-hydrogen) atoms. The third-order valence-electron chi connectivity index (χ3n) is 5.45. The molecule has 1 aliphatic heterocycles. The minimum Gasteiger partial charge on any atom is -0.325 e. The van der Waals surface area contributed by atoms with Gasteiger partial charge < -0.3 is 5.32 Å². The van der Waals surface area contributed by atoms with Crippen molar-refractivity contribution in [2.75, 3.05) is 32.0 Å². The predicted octanol–water partition coefficient (Wildman–Crippen LogP) is 3.86. The molecule has 1 fully saturated rings. The molecular formula is C21H29N3O3S2. The first-order chi connectivity index (χ1) is 13.8. The lowest BCUT2D eigenvalue weighted by molar-refractivity contribution is -0.117. The van der Waals surface area contributed by atoms with Gasteiger partial charge in [0, 0.05) is 29.7 Å². The second-order valence-electron chi connectivity index (χ2n) is 7.60. The first-order valence-electron chi connectivity index (χ1n) is 9.93. The maximum atomic E-state index is 12.9. The molecule has 0 bridgehead atoms. The number of aryl methyl sites for hydroxylation is 1. The van der Waals surface area contributed by atoms with Crippen LogP contribution < -0.4 is 5.32 Å². The maximum Gasteiger partial charge on any atom is 0.243 e. The van der Waals surface area contributed by atoms with Gasteiger partial charge in [-0.05, 0) is 62.9 Å². The Morgan fingerprint density at radius 2 is 1.97 bits per heavy atom. The lowest BCUT2D eigenvalue weighted by Crippen LogP contribution is -2.35. The fraction of sp³-hybridized carbons (Fsp3) is 0.476. The molecule has 1 N–H and O–H groups in total. The standard InChI is InChI=1S/C21H29N3O3S2/c1-16-9-10-18(29(26,27)24-11-5-4-6-12-24)14-19(16)22-21(25)15-23(3)17(2)20-8-7-13-28-20/h7-10,13-14,17H,4-6,11-12,15H2,1-3H3,(H,22,25). The van der Waals surface area contributed by atoms with Crippen LogP contribution in [0.25, 0.3) is 0 Å². The van der Waals surface area contributed by atoms with E-state index >= 15 is 0 Å². The topological polar surface area (TPSA) is 69.7 Å². The normalized spacial score (nSPS) is 16.7. The molecule has 2 heterocycles. The molecule has 1 aliphatic rings. The van der Waals surface area contributed by atoms with Crippen molar-refractivity contribution in [3.05, 3.63) is 46.2 Å². The van der Waals surface area contributed by atoms with Crippen LogP contribution in [-0.2, 0) is 14.8 Å². The largest absolute Gasteiger partial charge is 0.325 e. The molecule has 3 rings (SSSR count). The van der Waals surface area contributed by atoms with E-state index < -0.39 is 10.0 Å². The Labute approximate surface area is 177 Å². The van der Waals surface area contributed by atoms with Crippen molar-refractivity contribution in [3.63, 3.8) is 0 Å². The highest BCUT2D eigenvalue weighted by molar-refractivity contribution is 7.89. The number of sulfonamides is 1. The summed E-state index contributed by atoms with van der Waals surface area (Å²) < 4.78 is 27.4. The summed E-state index contributed by atoms with van der Waals surface area (Å²) in [5.74, 6) is -0.161. The Morgan fingerprint density at radius 3 is 2.62 bits per heavy atom. The van der Waals surface area contributed by atoms with E-state index in [1.165, 1.54) is 4.88 Å². The molecule has 2 aromatic rings. The lowest BCUT2D eigenvalue weighted by atomic mass is 10.2. The van der Waals surface area contributed by atoms with Gasteiger partial charge in [-0.1, -0.05) is 18.6 Å². The van der Waals surface area contributed by atoms with Crippen LogP contribution in [0.4, 0.5) is 5.69 Å². The van der Waals surface area contributed by atoms with Gasteiger partial charge in [-0.3, -0.25) is 9.69 Å². The van der Waals surface area contributed by atoms with E-state index in [4.69, 9.17) is 0 Å². The average Bonchev–Trinajstić information content (AvgIpc) is 3.24. The Hall–Kier alpha value is -1.74. The summed E-state index contributed by atoms with van der Waals surface area (Å²) >= 11 is 1.67. The van der Waals surface area contributed by atoms with Crippen molar-refractivity contribution < 1.29 is 13.2 Å². The first kappa shape index (κ1) is 22.0. The molecular weight excluding hydrogens is 406 g/mol. The van der Waals surface area contributed by atoms with E-state index in [1.807, 2.05) is 30.3 Å². The Bertz CT molecular complexity index is 936. The predicted molar refractivity (Wildman–Crippen MR) is 118 cm³/mol. The van der Waals surface area contributed by atoms with Gasteiger partial charge in [0.15, 0.2) is 0 Å². The highest BCUT2D eigenvalue weighted by Crippen LogP contribution is 2.26. The molecule has 0 radical (unpaired) electrons. The minimum absolute atomic E-state index is 0.132. The van der Waals surface area contributed by atoms with Crippen LogP contribution in [0, 0.1) is 6.92 Å². The SMILES string of the molecule is Cc1ccc(S(=O)(=O)N2CCCCC2)cc1NC(=O)CN(C)C(C)c1cccs1. The van der Waals surface area contributed by atoms with Gasteiger partial charge in [0.25, 0.3) is 0 Å². The van der Waals surface area contributed by atoms with Crippen LogP contribution in [0.2, 0.25) is 0 Å². The summed E-state index contributed by atoms with van der Waals surface area (Å²) in [6.45, 7) is 5.27. The van der Waals surface area contributed by atoms with E-state index in [2.05, 4.69) is 18.3 Å². The van der Waals surface area contributed by atoms with Crippen LogP contribution in [0.3, 0.4) is 0 Å². The number of nitrogens with zero attached hydrogens (tertiary/aromatic N) is 2. The molecule has 1 atom stereocenters. The first-order valence-corrected chi connectivity index (χ1v) is 12.3. The number of rotatable bonds is 7. The van der Waals surface area contributed by atoms with Crippen molar-refractivity contribution in [2.24, 2.45) is 0 Å². The zero-order valence-electron chi connectivity index (χ0n) is 17.2. The molecule has 6 nitrogen and oxygen atoms in total. The highest BCUT2D eigenvalue weighted by atomic mass is 32.2. The fourth-order valence-corrected chi connectivity index (χ4v) is 5.84. The van der Waals surface area contributed by atoms with Gasteiger partial charge >= 0.3 is 0 Å². The van der Waals surface area contributed by atoms with Crippen molar-refractivity contribution in [2.45, 2.75) is 44.0 Å². The Balaban J connectivity index is 1.70. The third kappa shape index (κ3) is 5.25. The number of carbonyl (C=O) groups excluding carboxylic acids is 1. The van der Waals surface area contributed by atoms with E-state index in [-0.39, 0.29) is 23.4 Å². The van der Waals surface area contributed by atoms with Crippen molar-refractivity contribution in [1.29, 1.82) is 0 Å². The Morgan fingerprint density at radius 1 is 1.24 bits per heavy atom. The summed E-state index contributed by atoms with van der Waals surface area (Å²) in [6.07, 6.45) is 2.85. The molecule has 0 spiro atoms. The van der Waals surface area contributed by atoms with Gasteiger partial charge in [0.05, 0.1) is 11.4 Å². The summed E-state index contributed by atoms with van der Waals surface area (Å²) in [7, 11) is -1.62. The number of hydrogen-bond acceptors (Lipinski definition) is 5. The van der Waals surface area contributed by atoms with Crippen molar-refractivity contribution in [1.82, 2.24) is 9.21 Å². The van der Waals surface area contributed by atoms with Gasteiger partial charge in [0.1, 0.15) is 0 Å². The fourth-order valence-electron chi connectivity index (χ4n) is 3.45. The van der Waals surface area contributed by atoms with Crippen LogP contribution >= 0.6 is 11.3 Å². The second-order valence-corrected chi connectivity index (χ2v) is 10.5. The summed E-state index contributed by atoms with van der Waals surface area (Å²) in [5, 5.41) is 4.92. The van der Waals surface area contributed by atoms with Crippen LogP contribution in [0.1, 0.15) is 42.7 Å². The van der Waals surface area contributed by atoms with Gasteiger partial charge in [-0.25, -0.2) is 8.42 Å². The number of piperidine rings is 1. The smallest absolute Gasteiger partial charge is 0.243 e. The van der Waals surface area contributed by atoms with Gasteiger partial charge in [-0.15, -0.1) is 11.3 Å². The van der Waals surface area contributed by atoms with Crippen LogP contribution in [0.5, 0.6) is 0 Å². The summed E-state index contributed by atoms with van der Waals surface area (Å²) in [6, 6.07) is 9.15. The molecule has 0 aliphatic carbocycles.